The zero-order chi connectivity index (χ0) is 43.0. The number of hydrogen-bond donors (Lipinski definition) is 0. The van der Waals surface area contributed by atoms with Crippen molar-refractivity contribution < 1.29 is 23.3 Å². The Morgan fingerprint density at radius 2 is 0.606 bits per heavy atom. The first-order chi connectivity index (χ1) is 30.3. The average molecular weight is 993 g/mol. The van der Waals surface area contributed by atoms with Crippen LogP contribution in [-0.4, -0.2) is 6.88 Å². The van der Waals surface area contributed by atoms with Gasteiger partial charge in [-0.25, -0.2) is 0 Å². The maximum absolute atomic E-state index is 3.06. The van der Waals surface area contributed by atoms with Gasteiger partial charge >= 0.3 is 30.2 Å². The zero-order valence-electron chi connectivity index (χ0n) is 38.9. The van der Waals surface area contributed by atoms with Gasteiger partial charge < -0.3 is 14.9 Å². The van der Waals surface area contributed by atoms with E-state index in [-0.39, 0.29) is 39.7 Å². The minimum absolute atomic E-state index is 0. The van der Waals surface area contributed by atoms with Gasteiger partial charge in [-0.05, 0) is 62.8 Å². The Kier molecular flexibility index (Phi) is 20.2. The molecule has 0 bridgehead atoms. The fourth-order valence-corrected chi connectivity index (χ4v) is 8.53. The van der Waals surface area contributed by atoms with Gasteiger partial charge in [0, 0.05) is 0 Å². The summed E-state index contributed by atoms with van der Waals surface area (Å²) in [7, 11) is 0. The third-order valence-electron chi connectivity index (χ3n) is 11.8. The molecule has 10 rings (SSSR count). The SMILES string of the molecule is Cc1ccc(-c2ccc(-c3ccc(C)cc3)c3[cH-]c(Cc4ccccc4)cc23)cc1.Cc1ccc(-c2ccc(-c3ccc(C)cc3)c3[cH-]c(Cc4ccccc4)cc23)cc1.Cl.Cl.[CH3-].[CH3-].[Si]=[Zr]. The van der Waals surface area contributed by atoms with E-state index in [0.717, 1.165) is 12.8 Å². The molecule has 0 aromatic heterocycles. The number of rotatable bonds is 8. The fraction of sp³-hybridized carbons (Fsp3) is 0.0968. The number of halogens is 2. The Morgan fingerprint density at radius 1 is 0.348 bits per heavy atom. The van der Waals surface area contributed by atoms with Crippen molar-refractivity contribution in [2.75, 3.05) is 0 Å². The number of fused-ring (bicyclic) bond motifs is 2. The molecule has 0 heterocycles. The summed E-state index contributed by atoms with van der Waals surface area (Å²) in [6.45, 7) is 11.6. The monoisotopic (exact) mass is 990 g/mol. The Bertz CT molecular complexity index is 2660. The molecule has 0 fully saturated rings. The molecule has 0 aliphatic carbocycles. The normalized spacial score (nSPS) is 10.2. The number of hydrogen-bond acceptors (Lipinski definition) is 0. The zero-order valence-corrected chi connectivity index (χ0v) is 44.0. The molecule has 2 radical (unpaired) electrons. The van der Waals surface area contributed by atoms with Gasteiger partial charge in [0.1, 0.15) is 0 Å². The van der Waals surface area contributed by atoms with Gasteiger partial charge in [-0.1, -0.05) is 238 Å². The quantitative estimate of drug-likeness (QED) is 0.105. The third-order valence-corrected chi connectivity index (χ3v) is 11.8. The molecule has 4 heteroatoms. The van der Waals surface area contributed by atoms with Gasteiger partial charge in [0.15, 0.2) is 0 Å². The summed E-state index contributed by atoms with van der Waals surface area (Å²) in [5, 5.41) is 5.34. The van der Waals surface area contributed by atoms with Gasteiger partial charge in [-0.3, -0.25) is 0 Å². The van der Waals surface area contributed by atoms with Crippen LogP contribution in [0.15, 0.2) is 206 Å². The first-order valence-electron chi connectivity index (χ1n) is 21.4. The second-order valence-electron chi connectivity index (χ2n) is 16.5. The summed E-state index contributed by atoms with van der Waals surface area (Å²) in [5.74, 6) is 0. The molecule has 66 heavy (non-hydrogen) atoms. The van der Waals surface area contributed by atoms with Crippen LogP contribution in [0.1, 0.15) is 44.5 Å². The molecule has 0 aliphatic rings. The molecule has 0 atom stereocenters. The van der Waals surface area contributed by atoms with Gasteiger partial charge in [-0.15, -0.1) is 69.6 Å². The van der Waals surface area contributed by atoms with Gasteiger partial charge in [-0.2, -0.15) is 12.1 Å². The molecule has 0 N–H and O–H groups in total. The molecule has 0 spiro atoms. The van der Waals surface area contributed by atoms with Crippen LogP contribution in [0.2, 0.25) is 0 Å². The van der Waals surface area contributed by atoms with Gasteiger partial charge in [0.25, 0.3) is 0 Å². The Balaban J connectivity index is 0.000000263. The van der Waals surface area contributed by atoms with E-state index in [0.29, 0.717) is 0 Å². The van der Waals surface area contributed by atoms with Crippen LogP contribution in [-0.2, 0) is 36.2 Å². The molecule has 10 aromatic carbocycles. The molecule has 10 aromatic rings. The van der Waals surface area contributed by atoms with Crippen molar-refractivity contribution in [1.82, 2.24) is 0 Å². The Labute approximate surface area is 423 Å². The van der Waals surface area contributed by atoms with E-state index < -0.39 is 0 Å². The Morgan fingerprint density at radius 3 is 0.894 bits per heavy atom. The van der Waals surface area contributed by atoms with Crippen LogP contribution in [0.5, 0.6) is 0 Å². The molecule has 0 aliphatic heterocycles. The van der Waals surface area contributed by atoms with Crippen LogP contribution in [0, 0.1) is 42.5 Å². The van der Waals surface area contributed by atoms with Crippen LogP contribution < -0.4 is 0 Å². The molecular formula is C62H58Cl2SiZr-4. The molecule has 0 saturated heterocycles. The van der Waals surface area contributed by atoms with Crippen molar-refractivity contribution >= 4 is 53.2 Å². The standard InChI is InChI=1S/2C30H25.2CH3.2ClH.Si.Zr/c2*1-21-8-12-25(13-9-21)27-16-17-28(26-14-10-22(2)11-15-26)30-20-24(19-29(27)30)18-23-6-4-3-5-7-23;;;;;;/h2*3-17,19-20H,18H2,1-2H3;2*1H3;2*1H;;/q4*-1;;;;. The number of benzene rings is 8. The predicted molar refractivity (Wildman–Crippen MR) is 291 cm³/mol. The van der Waals surface area contributed by atoms with E-state index in [1.54, 1.807) is 0 Å². The first kappa shape index (κ1) is 53.3. The van der Waals surface area contributed by atoms with E-state index in [4.69, 9.17) is 0 Å². The molecule has 0 amide bonds. The van der Waals surface area contributed by atoms with Crippen LogP contribution in [0.4, 0.5) is 0 Å². The Hall–Kier alpha value is -5.34. The third kappa shape index (κ3) is 12.5. The maximum atomic E-state index is 3.06. The van der Waals surface area contributed by atoms with E-state index in [2.05, 4.69) is 241 Å². The van der Waals surface area contributed by atoms with Crippen molar-refractivity contribution in [3.05, 3.63) is 266 Å². The number of aryl methyl sites for hydroxylation is 4. The summed E-state index contributed by atoms with van der Waals surface area (Å²) in [4.78, 5) is 0. The summed E-state index contributed by atoms with van der Waals surface area (Å²) in [6, 6.07) is 75.6. The van der Waals surface area contributed by atoms with Crippen molar-refractivity contribution in [3.8, 4) is 44.5 Å². The van der Waals surface area contributed by atoms with Gasteiger partial charge in [0.05, 0.1) is 0 Å². The van der Waals surface area contributed by atoms with Gasteiger partial charge in [0.2, 0.25) is 0 Å². The first-order valence-corrected chi connectivity index (χ1v) is 25.6. The minimum atomic E-state index is 0. The van der Waals surface area contributed by atoms with E-state index >= 15 is 0 Å². The van der Waals surface area contributed by atoms with E-state index in [1.807, 2.05) is 0 Å². The molecule has 332 valence electrons. The summed E-state index contributed by atoms with van der Waals surface area (Å²) in [6.07, 6.45) is 1.91. The molecule has 0 unspecified atom stereocenters. The topological polar surface area (TPSA) is 0 Å². The molecule has 0 saturated carbocycles. The summed E-state index contributed by atoms with van der Waals surface area (Å²) < 4.78 is 0. The summed E-state index contributed by atoms with van der Waals surface area (Å²) >= 11 is 1.36. The van der Waals surface area contributed by atoms with Crippen LogP contribution in [0.3, 0.4) is 0 Å². The van der Waals surface area contributed by atoms with Crippen molar-refractivity contribution in [1.29, 1.82) is 0 Å². The van der Waals surface area contributed by atoms with Crippen molar-refractivity contribution in [2.24, 2.45) is 0 Å². The van der Waals surface area contributed by atoms with Crippen LogP contribution >= 0.6 is 24.8 Å². The fourth-order valence-electron chi connectivity index (χ4n) is 8.53. The predicted octanol–water partition coefficient (Wildman–Crippen LogP) is 17.6. The second-order valence-corrected chi connectivity index (χ2v) is 16.5. The van der Waals surface area contributed by atoms with Crippen LogP contribution in [0.25, 0.3) is 66.1 Å². The van der Waals surface area contributed by atoms with Crippen molar-refractivity contribution in [3.63, 3.8) is 0 Å². The second kappa shape index (κ2) is 25.0. The average Bonchev–Trinajstić information content (AvgIpc) is 3.93. The van der Waals surface area contributed by atoms with E-state index in [1.165, 1.54) is 134 Å². The van der Waals surface area contributed by atoms with Crippen molar-refractivity contribution in [2.45, 2.75) is 40.5 Å². The van der Waals surface area contributed by atoms with E-state index in [9.17, 15) is 0 Å². The summed E-state index contributed by atoms with van der Waals surface area (Å²) in [5.41, 5.74) is 20.9. The molecule has 0 nitrogen and oxygen atoms in total. The molecular weight excluding hydrogens is 935 g/mol.